The smallest absolute Gasteiger partial charge is 0.132 e. The van der Waals surface area contributed by atoms with E-state index >= 15 is 0 Å². The van der Waals surface area contributed by atoms with Crippen LogP contribution in [0.3, 0.4) is 0 Å². The molecule has 0 amide bonds. The van der Waals surface area contributed by atoms with Crippen molar-refractivity contribution in [2.24, 2.45) is 0 Å². The van der Waals surface area contributed by atoms with E-state index in [9.17, 15) is 9.00 Å². The second-order valence-corrected chi connectivity index (χ2v) is 5.95. The molecule has 0 saturated carbocycles. The fourth-order valence-corrected chi connectivity index (χ4v) is 2.02. The topological polar surface area (TPSA) is 34.1 Å². The number of hydrogen-bond donors (Lipinski definition) is 0. The maximum Gasteiger partial charge on any atom is 0.132 e. The summed E-state index contributed by atoms with van der Waals surface area (Å²) in [6, 6.07) is 7.61. The molecule has 0 aliphatic carbocycles. The Labute approximate surface area is 93.2 Å². The minimum atomic E-state index is -1.19. The van der Waals surface area contributed by atoms with E-state index in [1.165, 1.54) is 5.56 Å². The molecule has 1 unspecified atom stereocenters. The Kier molecular flexibility index (Phi) is 3.80. The zero-order valence-electron chi connectivity index (χ0n) is 9.32. The minimum absolute atomic E-state index is 0.0782. The Morgan fingerprint density at radius 1 is 1.20 bits per heavy atom. The lowest BCUT2D eigenvalue weighted by Gasteiger charge is -2.18. The molecule has 1 aromatic rings. The van der Waals surface area contributed by atoms with Crippen LogP contribution in [0, 0.1) is 0 Å². The maximum atomic E-state index is 11.5. The van der Waals surface area contributed by atoms with Gasteiger partial charge in [0.1, 0.15) is 6.29 Å². The van der Waals surface area contributed by atoms with Crippen molar-refractivity contribution in [3.05, 3.63) is 29.8 Å². The lowest BCUT2D eigenvalue weighted by Crippen LogP contribution is -2.11. The summed E-state index contributed by atoms with van der Waals surface area (Å²) in [7, 11) is -1.19. The molecule has 15 heavy (non-hydrogen) atoms. The van der Waals surface area contributed by atoms with E-state index in [0.29, 0.717) is 6.29 Å². The van der Waals surface area contributed by atoms with Gasteiger partial charge in [0.2, 0.25) is 0 Å². The molecule has 0 heterocycles. The van der Waals surface area contributed by atoms with Crippen LogP contribution in [0.4, 0.5) is 0 Å². The minimum Gasteiger partial charge on any atom is -0.302 e. The SMILES string of the molecule is CC(C)(C)c1ccc(S(=O)CC=O)cc1. The van der Waals surface area contributed by atoms with Gasteiger partial charge in [0.05, 0.1) is 16.6 Å². The third-order valence-corrected chi connectivity index (χ3v) is 3.44. The predicted octanol–water partition coefficient (Wildman–Crippen LogP) is 2.29. The number of aldehydes is 1. The molecule has 1 atom stereocenters. The Morgan fingerprint density at radius 3 is 2.13 bits per heavy atom. The molecule has 0 spiro atoms. The molecular formula is C12H16O2S. The zero-order valence-corrected chi connectivity index (χ0v) is 10.1. The van der Waals surface area contributed by atoms with E-state index < -0.39 is 10.8 Å². The van der Waals surface area contributed by atoms with Gasteiger partial charge in [-0.3, -0.25) is 4.21 Å². The first-order valence-electron chi connectivity index (χ1n) is 4.87. The van der Waals surface area contributed by atoms with Crippen molar-refractivity contribution in [1.82, 2.24) is 0 Å². The highest BCUT2D eigenvalue weighted by molar-refractivity contribution is 7.85. The second-order valence-electron chi connectivity index (χ2n) is 4.45. The normalized spacial score (nSPS) is 13.5. The zero-order chi connectivity index (χ0) is 11.5. The molecule has 0 saturated heterocycles. The van der Waals surface area contributed by atoms with E-state index in [2.05, 4.69) is 20.8 Å². The van der Waals surface area contributed by atoms with Gasteiger partial charge in [0.15, 0.2) is 0 Å². The van der Waals surface area contributed by atoms with Gasteiger partial charge in [-0.15, -0.1) is 0 Å². The summed E-state index contributed by atoms with van der Waals surface area (Å²) in [5.74, 6) is 0.0782. The van der Waals surface area contributed by atoms with Crippen LogP contribution in [0.5, 0.6) is 0 Å². The van der Waals surface area contributed by atoms with Crippen molar-refractivity contribution in [3.8, 4) is 0 Å². The van der Waals surface area contributed by atoms with Gasteiger partial charge in [0, 0.05) is 4.90 Å². The first-order chi connectivity index (χ1) is 6.95. The van der Waals surface area contributed by atoms with E-state index in [4.69, 9.17) is 0 Å². The quantitative estimate of drug-likeness (QED) is 0.738. The van der Waals surface area contributed by atoms with Crippen LogP contribution in [0.25, 0.3) is 0 Å². The van der Waals surface area contributed by atoms with Gasteiger partial charge in [-0.05, 0) is 23.1 Å². The van der Waals surface area contributed by atoms with Crippen molar-refractivity contribution < 1.29 is 9.00 Å². The highest BCUT2D eigenvalue weighted by atomic mass is 32.2. The summed E-state index contributed by atoms with van der Waals surface area (Å²) in [5.41, 5.74) is 1.30. The third kappa shape index (κ3) is 3.27. The van der Waals surface area contributed by atoms with Crippen LogP contribution >= 0.6 is 0 Å². The number of rotatable bonds is 3. The van der Waals surface area contributed by atoms with Gasteiger partial charge >= 0.3 is 0 Å². The standard InChI is InChI=1S/C12H16O2S/c1-12(2,3)10-4-6-11(7-5-10)15(14)9-8-13/h4-8H,9H2,1-3H3. The lowest BCUT2D eigenvalue weighted by molar-refractivity contribution is -0.105. The number of carbonyl (C=O) groups excluding carboxylic acids is 1. The highest BCUT2D eigenvalue weighted by Crippen LogP contribution is 2.22. The van der Waals surface area contributed by atoms with E-state index in [0.717, 1.165) is 4.90 Å². The lowest BCUT2D eigenvalue weighted by atomic mass is 9.87. The van der Waals surface area contributed by atoms with Crippen molar-refractivity contribution in [2.75, 3.05) is 5.75 Å². The van der Waals surface area contributed by atoms with Crippen molar-refractivity contribution in [3.63, 3.8) is 0 Å². The summed E-state index contributed by atoms with van der Waals surface area (Å²) in [5, 5.41) is 0. The number of benzene rings is 1. The second kappa shape index (κ2) is 4.71. The summed E-state index contributed by atoms with van der Waals surface area (Å²) >= 11 is 0. The van der Waals surface area contributed by atoms with Gasteiger partial charge in [-0.2, -0.15) is 0 Å². The maximum absolute atomic E-state index is 11.5. The number of hydrogen-bond acceptors (Lipinski definition) is 2. The average Bonchev–Trinajstić information content (AvgIpc) is 2.17. The molecule has 3 heteroatoms. The van der Waals surface area contributed by atoms with Crippen LogP contribution in [0.1, 0.15) is 26.3 Å². The fraction of sp³-hybridized carbons (Fsp3) is 0.417. The molecule has 82 valence electrons. The molecule has 0 aliphatic rings. The van der Waals surface area contributed by atoms with Gasteiger partial charge in [-0.25, -0.2) is 0 Å². The van der Waals surface area contributed by atoms with Crippen molar-refractivity contribution >= 4 is 17.1 Å². The van der Waals surface area contributed by atoms with Gasteiger partial charge < -0.3 is 4.79 Å². The molecule has 0 N–H and O–H groups in total. The monoisotopic (exact) mass is 224 g/mol. The molecule has 0 bridgehead atoms. The summed E-state index contributed by atoms with van der Waals surface area (Å²) in [4.78, 5) is 10.9. The van der Waals surface area contributed by atoms with Gasteiger partial charge in [0.25, 0.3) is 0 Å². The molecular weight excluding hydrogens is 208 g/mol. The van der Waals surface area contributed by atoms with Crippen LogP contribution in [0.15, 0.2) is 29.2 Å². The molecule has 0 radical (unpaired) electrons. The molecule has 0 fully saturated rings. The van der Waals surface area contributed by atoms with E-state index in [-0.39, 0.29) is 11.2 Å². The Balaban J connectivity index is 2.90. The van der Waals surface area contributed by atoms with Crippen molar-refractivity contribution in [1.29, 1.82) is 0 Å². The molecule has 0 aromatic heterocycles. The van der Waals surface area contributed by atoms with E-state index in [1.54, 1.807) is 0 Å². The fourth-order valence-electron chi connectivity index (χ4n) is 1.26. The molecule has 0 aliphatic heterocycles. The summed E-state index contributed by atoms with van der Waals surface area (Å²) in [6.07, 6.45) is 0.688. The third-order valence-electron chi connectivity index (χ3n) is 2.20. The van der Waals surface area contributed by atoms with E-state index in [1.807, 2.05) is 24.3 Å². The van der Waals surface area contributed by atoms with Crippen LogP contribution < -0.4 is 0 Å². The summed E-state index contributed by atoms with van der Waals surface area (Å²) < 4.78 is 11.5. The Bertz CT molecular complexity index is 360. The first kappa shape index (κ1) is 12.1. The van der Waals surface area contributed by atoms with Crippen LogP contribution in [-0.4, -0.2) is 16.2 Å². The Hall–Kier alpha value is -0.960. The van der Waals surface area contributed by atoms with Crippen LogP contribution in [0.2, 0.25) is 0 Å². The largest absolute Gasteiger partial charge is 0.302 e. The highest BCUT2D eigenvalue weighted by Gasteiger charge is 2.13. The molecule has 2 nitrogen and oxygen atoms in total. The first-order valence-corrected chi connectivity index (χ1v) is 6.19. The average molecular weight is 224 g/mol. The molecule has 1 rings (SSSR count). The Morgan fingerprint density at radius 2 is 1.73 bits per heavy atom. The predicted molar refractivity (Wildman–Crippen MR) is 62.5 cm³/mol. The summed E-state index contributed by atoms with van der Waals surface area (Å²) in [6.45, 7) is 6.39. The van der Waals surface area contributed by atoms with Gasteiger partial charge in [-0.1, -0.05) is 32.9 Å². The molecule has 1 aromatic carbocycles. The van der Waals surface area contributed by atoms with Crippen LogP contribution in [-0.2, 0) is 21.0 Å². The van der Waals surface area contributed by atoms with Crippen molar-refractivity contribution in [2.45, 2.75) is 31.1 Å². The number of carbonyl (C=O) groups is 1.